The van der Waals surface area contributed by atoms with Crippen LogP contribution in [-0.2, 0) is 21.2 Å². The van der Waals surface area contributed by atoms with Crippen LogP contribution in [0.25, 0.3) is 10.6 Å². The van der Waals surface area contributed by atoms with Crippen LogP contribution in [0.1, 0.15) is 36.6 Å². The molecule has 1 amide bonds. The van der Waals surface area contributed by atoms with Crippen LogP contribution in [0.2, 0.25) is 0 Å². The Balaban J connectivity index is 1.50. The van der Waals surface area contributed by atoms with Gasteiger partial charge in [0.05, 0.1) is 18.7 Å². The number of rotatable bonds is 8. The fourth-order valence-electron chi connectivity index (χ4n) is 4.06. The van der Waals surface area contributed by atoms with Gasteiger partial charge >= 0.3 is 0 Å². The first-order valence-electron chi connectivity index (χ1n) is 11.4. The normalized spacial score (nSPS) is 14.3. The second kappa shape index (κ2) is 10.2. The third-order valence-electron chi connectivity index (χ3n) is 5.72. The molecular formula is C25H29N3O4S2. The van der Waals surface area contributed by atoms with Gasteiger partial charge < -0.3 is 10.1 Å². The van der Waals surface area contributed by atoms with Crippen molar-refractivity contribution < 1.29 is 17.9 Å². The van der Waals surface area contributed by atoms with Crippen LogP contribution in [-0.4, -0.2) is 43.3 Å². The molecule has 1 aliphatic heterocycles. The van der Waals surface area contributed by atoms with E-state index in [2.05, 4.69) is 42.3 Å². The first-order chi connectivity index (χ1) is 16.3. The summed E-state index contributed by atoms with van der Waals surface area (Å²) in [6, 6.07) is 11.0. The van der Waals surface area contributed by atoms with Gasteiger partial charge in [0, 0.05) is 29.7 Å². The number of carbonyl (C=O) groups is 1. The average molecular weight is 500 g/mol. The highest BCUT2D eigenvalue weighted by Crippen LogP contribution is 2.32. The number of nitrogens with one attached hydrogen (secondary N) is 1. The molecule has 1 N–H and O–H groups in total. The molecule has 0 atom stereocenters. The van der Waals surface area contributed by atoms with Gasteiger partial charge in [0.15, 0.2) is 0 Å². The smallest absolute Gasteiger partial charge is 0.246 e. The largest absolute Gasteiger partial charge is 0.492 e. The summed E-state index contributed by atoms with van der Waals surface area (Å²) in [6.45, 7) is 7.25. The Morgan fingerprint density at radius 3 is 2.62 bits per heavy atom. The molecule has 180 valence electrons. The summed E-state index contributed by atoms with van der Waals surface area (Å²) in [5.41, 5.74) is 4.49. The van der Waals surface area contributed by atoms with Gasteiger partial charge in [-0.1, -0.05) is 23.8 Å². The van der Waals surface area contributed by atoms with Gasteiger partial charge in [0.25, 0.3) is 0 Å². The number of benzene rings is 2. The van der Waals surface area contributed by atoms with Crippen molar-refractivity contribution in [1.29, 1.82) is 0 Å². The lowest BCUT2D eigenvalue weighted by Gasteiger charge is -2.19. The number of amides is 1. The van der Waals surface area contributed by atoms with Crippen molar-refractivity contribution in [3.63, 3.8) is 0 Å². The Morgan fingerprint density at radius 1 is 1.15 bits per heavy atom. The van der Waals surface area contributed by atoms with E-state index in [0.717, 1.165) is 29.0 Å². The van der Waals surface area contributed by atoms with Crippen molar-refractivity contribution in [2.75, 3.05) is 25.0 Å². The molecule has 1 fully saturated rings. The summed E-state index contributed by atoms with van der Waals surface area (Å²) in [6.07, 6.45) is 1.79. The minimum atomic E-state index is -3.70. The van der Waals surface area contributed by atoms with Crippen molar-refractivity contribution in [3.05, 3.63) is 58.6 Å². The maximum Gasteiger partial charge on any atom is 0.246 e. The van der Waals surface area contributed by atoms with Gasteiger partial charge in [-0.15, -0.1) is 11.3 Å². The Morgan fingerprint density at radius 2 is 1.91 bits per heavy atom. The van der Waals surface area contributed by atoms with E-state index in [0.29, 0.717) is 36.8 Å². The molecule has 0 bridgehead atoms. The van der Waals surface area contributed by atoms with Crippen LogP contribution in [0.4, 0.5) is 5.69 Å². The molecular weight excluding hydrogens is 470 g/mol. The molecule has 1 aliphatic rings. The molecule has 0 spiro atoms. The zero-order valence-electron chi connectivity index (χ0n) is 19.6. The van der Waals surface area contributed by atoms with Gasteiger partial charge in [-0.3, -0.25) is 4.79 Å². The topological polar surface area (TPSA) is 88.6 Å². The number of aryl methyl sites for hydroxylation is 2. The molecule has 7 nitrogen and oxygen atoms in total. The van der Waals surface area contributed by atoms with E-state index in [1.807, 2.05) is 12.3 Å². The number of carbonyl (C=O) groups excluding carboxylic acids is 1. The van der Waals surface area contributed by atoms with Gasteiger partial charge in [-0.25, -0.2) is 13.4 Å². The molecule has 0 radical (unpaired) electrons. The van der Waals surface area contributed by atoms with Crippen LogP contribution in [0.3, 0.4) is 0 Å². The standard InChI is InChI=1S/C25H29N3O4S2/c1-4-32-22-10-8-19(14-23(22)34(30,31)28-11-5-6-12-28)26-24(29)15-20-16-33-25(27-20)21-9-7-17(2)13-18(21)3/h7-10,13-14,16H,4-6,11-12,15H2,1-3H3,(H,26,29). The summed E-state index contributed by atoms with van der Waals surface area (Å²) >= 11 is 1.51. The number of hydrogen-bond acceptors (Lipinski definition) is 6. The van der Waals surface area contributed by atoms with Crippen molar-refractivity contribution in [2.45, 2.75) is 44.9 Å². The third-order valence-corrected chi connectivity index (χ3v) is 8.56. The molecule has 3 aromatic rings. The van der Waals surface area contributed by atoms with Crippen molar-refractivity contribution in [2.24, 2.45) is 0 Å². The average Bonchev–Trinajstić information content (AvgIpc) is 3.48. The van der Waals surface area contributed by atoms with E-state index in [4.69, 9.17) is 4.74 Å². The van der Waals surface area contributed by atoms with Crippen molar-refractivity contribution >= 4 is 33.0 Å². The number of nitrogens with zero attached hydrogens (tertiary/aromatic N) is 2. The number of hydrogen-bond donors (Lipinski definition) is 1. The third kappa shape index (κ3) is 5.32. The molecule has 4 rings (SSSR count). The van der Waals surface area contributed by atoms with Crippen LogP contribution < -0.4 is 10.1 Å². The molecule has 34 heavy (non-hydrogen) atoms. The van der Waals surface area contributed by atoms with Gasteiger partial charge in [0.1, 0.15) is 15.7 Å². The van der Waals surface area contributed by atoms with Crippen LogP contribution in [0.15, 0.2) is 46.7 Å². The Labute approximate surface area is 204 Å². The summed E-state index contributed by atoms with van der Waals surface area (Å²) in [5.74, 6) is 0.0381. The predicted octanol–water partition coefficient (Wildman–Crippen LogP) is 4.79. The fourth-order valence-corrected chi connectivity index (χ4v) is 6.65. The first-order valence-corrected chi connectivity index (χ1v) is 13.7. The maximum atomic E-state index is 13.2. The number of thiazole rings is 1. The van der Waals surface area contributed by atoms with Crippen LogP contribution in [0.5, 0.6) is 5.75 Å². The highest BCUT2D eigenvalue weighted by molar-refractivity contribution is 7.89. The molecule has 0 saturated carbocycles. The zero-order chi connectivity index (χ0) is 24.3. The molecule has 9 heteroatoms. The second-order valence-electron chi connectivity index (χ2n) is 8.39. The molecule has 2 aromatic carbocycles. The minimum absolute atomic E-state index is 0.0832. The van der Waals surface area contributed by atoms with Gasteiger partial charge in [-0.05, 0) is 57.4 Å². The van der Waals surface area contributed by atoms with E-state index in [9.17, 15) is 13.2 Å². The number of anilines is 1. The first kappa shape index (κ1) is 24.4. The highest BCUT2D eigenvalue weighted by atomic mass is 32.2. The van der Waals surface area contributed by atoms with Gasteiger partial charge in [-0.2, -0.15) is 4.31 Å². The SMILES string of the molecule is CCOc1ccc(NC(=O)Cc2csc(-c3ccc(C)cc3C)n2)cc1S(=O)(=O)N1CCCC1. The van der Waals surface area contributed by atoms with Crippen LogP contribution >= 0.6 is 11.3 Å². The molecule has 2 heterocycles. The molecule has 0 unspecified atom stereocenters. The predicted molar refractivity (Wildman–Crippen MR) is 135 cm³/mol. The monoisotopic (exact) mass is 499 g/mol. The summed E-state index contributed by atoms with van der Waals surface area (Å²) < 4.78 is 33.4. The lowest BCUT2D eigenvalue weighted by atomic mass is 10.1. The van der Waals surface area contributed by atoms with Gasteiger partial charge in [0.2, 0.25) is 15.9 Å². The quantitative estimate of drug-likeness (QED) is 0.481. The molecule has 0 aliphatic carbocycles. The zero-order valence-corrected chi connectivity index (χ0v) is 21.3. The lowest BCUT2D eigenvalue weighted by molar-refractivity contribution is -0.115. The van der Waals surface area contributed by atoms with E-state index < -0.39 is 10.0 Å². The maximum absolute atomic E-state index is 13.2. The summed E-state index contributed by atoms with van der Waals surface area (Å²) in [4.78, 5) is 17.4. The van der Waals surface area contributed by atoms with Crippen molar-refractivity contribution in [3.8, 4) is 16.3 Å². The lowest BCUT2D eigenvalue weighted by Crippen LogP contribution is -2.28. The number of aromatic nitrogens is 1. The molecule has 1 aromatic heterocycles. The van der Waals surface area contributed by atoms with E-state index in [1.165, 1.54) is 27.3 Å². The molecule has 1 saturated heterocycles. The highest BCUT2D eigenvalue weighted by Gasteiger charge is 2.30. The Hall–Kier alpha value is -2.75. The Bertz CT molecular complexity index is 1300. The minimum Gasteiger partial charge on any atom is -0.492 e. The Kier molecular flexibility index (Phi) is 7.35. The van der Waals surface area contributed by atoms with E-state index >= 15 is 0 Å². The second-order valence-corrected chi connectivity index (χ2v) is 11.2. The van der Waals surface area contributed by atoms with Crippen molar-refractivity contribution in [1.82, 2.24) is 9.29 Å². The fraction of sp³-hybridized carbons (Fsp3) is 0.360. The van der Waals surface area contributed by atoms with Crippen LogP contribution in [0, 0.1) is 13.8 Å². The van der Waals surface area contributed by atoms with E-state index in [1.54, 1.807) is 12.1 Å². The summed E-state index contributed by atoms with van der Waals surface area (Å²) in [7, 11) is -3.70. The van der Waals surface area contributed by atoms with E-state index in [-0.39, 0.29) is 17.2 Å². The summed E-state index contributed by atoms with van der Waals surface area (Å²) in [5, 5.41) is 5.58. The number of sulfonamides is 1. The number of ether oxygens (including phenoxy) is 1.